The van der Waals surface area contributed by atoms with Gasteiger partial charge >= 0.3 is 0 Å². The maximum Gasteiger partial charge on any atom is 0.0773 e. The highest BCUT2D eigenvalue weighted by Crippen LogP contribution is 2.26. The summed E-state index contributed by atoms with van der Waals surface area (Å²) in [5.74, 6) is -0.199. The summed E-state index contributed by atoms with van der Waals surface area (Å²) in [5, 5.41) is 9.14. The second-order valence-corrected chi connectivity index (χ2v) is 4.89. The molecule has 0 aliphatic rings. The van der Waals surface area contributed by atoms with E-state index in [2.05, 4.69) is 30.1 Å². The zero-order valence-corrected chi connectivity index (χ0v) is 8.25. The van der Waals surface area contributed by atoms with Crippen LogP contribution in [0.25, 0.3) is 0 Å². The molecule has 0 radical (unpaired) electrons. The molecule has 0 aliphatic heterocycles. The molecule has 9 heavy (non-hydrogen) atoms. The van der Waals surface area contributed by atoms with Gasteiger partial charge in [0.25, 0.3) is 0 Å². The molecule has 0 amide bonds. The van der Waals surface area contributed by atoms with Crippen molar-refractivity contribution < 1.29 is 9.59 Å². The lowest BCUT2D eigenvalue weighted by Crippen LogP contribution is -2.39. The Morgan fingerprint density at radius 2 is 2.00 bits per heavy atom. The molecule has 0 saturated carbocycles. The molecule has 4 heteroatoms. The van der Waals surface area contributed by atoms with Crippen LogP contribution in [-0.2, 0) is 0 Å². The standard InChI is InChI=1S/C5H15NOP2/c1-6(2,3)4-5(7)9-8/h5,7H,4,8H2,1-3H3. The van der Waals surface area contributed by atoms with Gasteiger partial charge in [-0.15, -0.1) is 0 Å². The van der Waals surface area contributed by atoms with E-state index in [1.54, 1.807) is 0 Å². The van der Waals surface area contributed by atoms with Gasteiger partial charge in [0.15, 0.2) is 0 Å². The Morgan fingerprint density at radius 3 is 2.11 bits per heavy atom. The second-order valence-electron chi connectivity index (χ2n) is 3.10. The molecule has 0 heterocycles. The fourth-order valence-corrected chi connectivity index (χ4v) is 1.40. The first kappa shape index (κ1) is 9.78. The van der Waals surface area contributed by atoms with Crippen LogP contribution in [0.15, 0.2) is 0 Å². The van der Waals surface area contributed by atoms with Gasteiger partial charge in [-0.25, -0.2) is 0 Å². The highest BCUT2D eigenvalue weighted by Gasteiger charge is 2.06. The van der Waals surface area contributed by atoms with Crippen LogP contribution in [0.5, 0.6) is 0 Å². The molecule has 56 valence electrons. The van der Waals surface area contributed by atoms with Gasteiger partial charge in [0.1, 0.15) is 0 Å². The van der Waals surface area contributed by atoms with Crippen molar-refractivity contribution in [2.45, 2.75) is 5.85 Å². The third kappa shape index (κ3) is 6.67. The third-order valence-corrected chi connectivity index (χ3v) is 2.42. The SMILES string of the molecule is C[N+](C)(C)CC(O)[P-]P. The van der Waals surface area contributed by atoms with Gasteiger partial charge in [-0.1, -0.05) is 0 Å². The Kier molecular flexibility index (Phi) is 4.16. The van der Waals surface area contributed by atoms with Crippen molar-refractivity contribution >= 4 is 17.2 Å². The summed E-state index contributed by atoms with van der Waals surface area (Å²) in [6, 6.07) is 0. The molecule has 1 N–H and O–H groups in total. The van der Waals surface area contributed by atoms with Crippen LogP contribution >= 0.6 is 17.2 Å². The van der Waals surface area contributed by atoms with Crippen molar-refractivity contribution in [2.24, 2.45) is 0 Å². The molecule has 0 saturated heterocycles. The third-order valence-electron chi connectivity index (χ3n) is 0.883. The van der Waals surface area contributed by atoms with E-state index in [0.29, 0.717) is 0 Å². The van der Waals surface area contributed by atoms with Crippen molar-refractivity contribution in [3.05, 3.63) is 0 Å². The number of likely N-dealkylation sites (N-methyl/N-ethyl adjacent to an activating group) is 1. The summed E-state index contributed by atoms with van der Waals surface area (Å²) in [6.45, 7) is 0.811. The monoisotopic (exact) mass is 167 g/mol. The topological polar surface area (TPSA) is 20.2 Å². The summed E-state index contributed by atoms with van der Waals surface area (Å²) in [4.78, 5) is 0. The first-order chi connectivity index (χ1) is 3.95. The van der Waals surface area contributed by atoms with Crippen molar-refractivity contribution in [3.8, 4) is 0 Å². The molecular formula is C5H15NOP2. The van der Waals surface area contributed by atoms with Gasteiger partial charge < -0.3 is 17.9 Å². The highest BCUT2D eigenvalue weighted by atomic mass is 32.0. The van der Waals surface area contributed by atoms with Crippen LogP contribution in [-0.4, -0.2) is 43.1 Å². The normalized spacial score (nSPS) is 17.0. The molecule has 2 nitrogen and oxygen atoms in total. The Morgan fingerprint density at radius 1 is 1.56 bits per heavy atom. The fourth-order valence-electron chi connectivity index (χ4n) is 0.537. The lowest BCUT2D eigenvalue weighted by Gasteiger charge is -2.31. The van der Waals surface area contributed by atoms with E-state index < -0.39 is 0 Å². The van der Waals surface area contributed by atoms with E-state index in [4.69, 9.17) is 5.11 Å². The Labute approximate surface area is 61.1 Å². The second kappa shape index (κ2) is 3.83. The number of hydrogen-bond acceptors (Lipinski definition) is 1. The van der Waals surface area contributed by atoms with E-state index in [0.717, 1.165) is 19.3 Å². The fraction of sp³-hybridized carbons (Fsp3) is 1.00. The average molecular weight is 167 g/mol. The molecule has 2 unspecified atom stereocenters. The molecule has 0 bridgehead atoms. The first-order valence-electron chi connectivity index (χ1n) is 2.84. The van der Waals surface area contributed by atoms with Crippen molar-refractivity contribution in [3.63, 3.8) is 0 Å². The zero-order valence-electron chi connectivity index (χ0n) is 6.20. The molecule has 0 aromatic rings. The number of rotatable bonds is 3. The largest absolute Gasteiger partial charge is 0.476 e. The van der Waals surface area contributed by atoms with Crippen LogP contribution in [0, 0.1) is 0 Å². The van der Waals surface area contributed by atoms with E-state index in [-0.39, 0.29) is 5.85 Å². The van der Waals surface area contributed by atoms with Crippen LogP contribution in [0.1, 0.15) is 0 Å². The van der Waals surface area contributed by atoms with Crippen molar-refractivity contribution in [2.75, 3.05) is 27.7 Å². The van der Waals surface area contributed by atoms with Crippen LogP contribution in [0.4, 0.5) is 0 Å². The number of hydrogen-bond donors (Lipinski definition) is 1. The van der Waals surface area contributed by atoms with Crippen molar-refractivity contribution in [1.29, 1.82) is 0 Å². The van der Waals surface area contributed by atoms with Gasteiger partial charge in [0.05, 0.1) is 27.7 Å². The number of aliphatic hydroxyl groups excluding tert-OH is 1. The average Bonchev–Trinajstić information content (AvgIpc) is 1.62. The maximum atomic E-state index is 9.14. The van der Waals surface area contributed by atoms with Crippen LogP contribution in [0.2, 0.25) is 0 Å². The minimum Gasteiger partial charge on any atom is -0.476 e. The summed E-state index contributed by atoms with van der Waals surface area (Å²) in [5.41, 5.74) is 0. The Balaban J connectivity index is 3.47. The van der Waals surface area contributed by atoms with Gasteiger partial charge in [0, 0.05) is 0 Å². The molecular weight excluding hydrogens is 152 g/mol. The van der Waals surface area contributed by atoms with E-state index in [1.165, 1.54) is 0 Å². The quantitative estimate of drug-likeness (QED) is 0.485. The summed E-state index contributed by atoms with van der Waals surface area (Å²) < 4.78 is 0.822. The molecule has 0 fully saturated rings. The predicted octanol–water partition coefficient (Wildman–Crippen LogP) is 0.747. The van der Waals surface area contributed by atoms with E-state index >= 15 is 0 Å². The first-order valence-corrected chi connectivity index (χ1v) is 5.42. The van der Waals surface area contributed by atoms with Crippen LogP contribution in [0.3, 0.4) is 0 Å². The van der Waals surface area contributed by atoms with Gasteiger partial charge in [-0.05, 0) is 5.85 Å². The van der Waals surface area contributed by atoms with E-state index in [9.17, 15) is 0 Å². The number of aliphatic hydroxyl groups is 1. The molecule has 0 spiro atoms. The van der Waals surface area contributed by atoms with Crippen LogP contribution < -0.4 is 0 Å². The van der Waals surface area contributed by atoms with Gasteiger partial charge in [-0.2, -0.15) is 0 Å². The number of quaternary nitrogens is 1. The zero-order chi connectivity index (χ0) is 7.49. The molecule has 0 aromatic carbocycles. The highest BCUT2D eigenvalue weighted by molar-refractivity contribution is 8.03. The molecule has 2 atom stereocenters. The minimum absolute atomic E-state index is 0.199. The van der Waals surface area contributed by atoms with Crippen molar-refractivity contribution in [1.82, 2.24) is 0 Å². The summed E-state index contributed by atoms with van der Waals surface area (Å²) in [6.07, 6.45) is 0. The minimum atomic E-state index is -0.199. The summed E-state index contributed by atoms with van der Waals surface area (Å²) >= 11 is 0. The summed E-state index contributed by atoms with van der Waals surface area (Å²) in [7, 11) is 9.70. The smallest absolute Gasteiger partial charge is 0.0773 e. The number of nitrogens with zero attached hydrogens (tertiary/aromatic N) is 1. The lowest BCUT2D eigenvalue weighted by atomic mass is 10.5. The Bertz CT molecular complexity index is 81.5. The van der Waals surface area contributed by atoms with Gasteiger partial charge in [-0.3, -0.25) is 8.93 Å². The molecule has 0 aromatic heterocycles. The lowest BCUT2D eigenvalue weighted by molar-refractivity contribution is -0.871. The Hall–Kier alpha value is 0.780. The molecule has 0 rings (SSSR count). The van der Waals surface area contributed by atoms with Gasteiger partial charge in [0.2, 0.25) is 0 Å². The van der Waals surface area contributed by atoms with E-state index in [1.807, 2.05) is 0 Å². The predicted molar refractivity (Wildman–Crippen MR) is 45.5 cm³/mol. The molecule has 0 aliphatic carbocycles. The maximum absolute atomic E-state index is 9.14.